The molecule has 1 aliphatic heterocycles. The summed E-state index contributed by atoms with van der Waals surface area (Å²) in [6.07, 6.45) is 62.9. The van der Waals surface area contributed by atoms with Crippen LogP contribution in [0.5, 0.6) is 0 Å². The van der Waals surface area contributed by atoms with Gasteiger partial charge < -0.3 is 0 Å². The van der Waals surface area contributed by atoms with Crippen molar-refractivity contribution in [1.29, 1.82) is 0 Å². The molecule has 7 aromatic rings. The summed E-state index contributed by atoms with van der Waals surface area (Å²) in [5.74, 6) is 12.3. The molecule has 24 nitrogen and oxygen atoms in total. The van der Waals surface area contributed by atoms with Gasteiger partial charge in [-0.15, -0.1) is 40.4 Å². The lowest BCUT2D eigenvalue weighted by atomic mass is 10.0. The van der Waals surface area contributed by atoms with E-state index in [0.717, 1.165) is 204 Å². The first-order valence-corrected chi connectivity index (χ1v) is 54.9. The molecule has 134 heavy (non-hydrogen) atoms. The number of hydrogen-bond acceptors (Lipinski definition) is 16. The van der Waals surface area contributed by atoms with Gasteiger partial charge in [0.2, 0.25) is 6.04 Å². The van der Waals surface area contributed by atoms with Crippen LogP contribution in [0.4, 0.5) is 0 Å². The summed E-state index contributed by atoms with van der Waals surface area (Å²) in [4.78, 5) is 0. The summed E-state index contributed by atoms with van der Waals surface area (Å²) in [7, 11) is 0. The molecule has 0 N–H and O–H groups in total. The molecule has 1 unspecified atom stereocenters. The van der Waals surface area contributed by atoms with Crippen LogP contribution >= 0.6 is 0 Å². The van der Waals surface area contributed by atoms with Gasteiger partial charge in [0.15, 0.2) is 0 Å². The Morgan fingerprint density at radius 3 is 0.978 bits per heavy atom. The fourth-order valence-electron chi connectivity index (χ4n) is 15.2. The van der Waals surface area contributed by atoms with E-state index < -0.39 is 0 Å². The minimum absolute atomic E-state index is 0.336. The highest BCUT2D eigenvalue weighted by molar-refractivity contribution is 5.59. The van der Waals surface area contributed by atoms with Crippen LogP contribution in [0.3, 0.4) is 0 Å². The van der Waals surface area contributed by atoms with E-state index in [-0.39, 0.29) is 0 Å². The molecule has 0 aliphatic carbocycles. The van der Waals surface area contributed by atoms with Crippen LogP contribution < -0.4 is 0 Å². The second-order valence-corrected chi connectivity index (χ2v) is 45.7. The first kappa shape index (κ1) is 125. The zero-order chi connectivity index (χ0) is 100.0. The molecule has 1 aliphatic rings. The maximum atomic E-state index is 4.30. The fourth-order valence-corrected chi connectivity index (χ4v) is 15.2. The third kappa shape index (κ3) is 72.6. The maximum absolute atomic E-state index is 4.30. The summed E-state index contributed by atoms with van der Waals surface area (Å²) < 4.78 is 16.3. The normalized spacial score (nSPS) is 12.6. The minimum Gasteiger partial charge on any atom is -0.252 e. The average Bonchev–Trinajstić information content (AvgIpc) is 1.76. The molecule has 0 amide bonds. The molecule has 0 radical (unpaired) electrons. The van der Waals surface area contributed by atoms with Gasteiger partial charge in [0.1, 0.15) is 18.0 Å². The molecule has 1 atom stereocenters. The summed E-state index contributed by atoms with van der Waals surface area (Å²) in [5.41, 5.74) is 8.60. The Bertz CT molecular complexity index is 3730. The lowest BCUT2D eigenvalue weighted by molar-refractivity contribution is -0.532. The summed E-state index contributed by atoms with van der Waals surface area (Å²) >= 11 is 0. The van der Waals surface area contributed by atoms with E-state index in [1.54, 1.807) is 0 Å². The van der Waals surface area contributed by atoms with Crippen molar-refractivity contribution < 1.29 is 4.68 Å². The average molecular weight is 1870 g/mol. The molecular formula is C110H213N24+. The predicted octanol–water partition coefficient (Wildman–Crippen LogP) is 29.2. The van der Waals surface area contributed by atoms with E-state index in [4.69, 9.17) is 0 Å². The van der Waals surface area contributed by atoms with E-state index >= 15 is 0 Å². The monoisotopic (exact) mass is 1870 g/mol. The highest BCUT2D eigenvalue weighted by Gasteiger charge is 2.22. The number of nitrogens with zero attached hydrogens (tertiary/aromatic N) is 24. The first-order valence-electron chi connectivity index (χ1n) is 54.9. The number of unbranched alkanes of at least 4 members (excludes halogenated alkanes) is 6. The van der Waals surface area contributed by atoms with Gasteiger partial charge in [-0.05, 0) is 255 Å². The molecule has 8 rings (SSSR count). The molecule has 772 valence electrons. The smallest absolute Gasteiger partial charge is 0.222 e. The Morgan fingerprint density at radius 1 is 0.246 bits per heavy atom. The van der Waals surface area contributed by atoms with Gasteiger partial charge in [0, 0.05) is 75.9 Å². The van der Waals surface area contributed by atoms with Gasteiger partial charge in [-0.25, -0.2) is 18.7 Å². The second-order valence-electron chi connectivity index (χ2n) is 45.7. The van der Waals surface area contributed by atoms with Crippen molar-refractivity contribution in [2.45, 2.75) is 517 Å². The topological polar surface area (TPSA) is 243 Å². The van der Waals surface area contributed by atoms with Crippen LogP contribution in [-0.4, -0.2) is 128 Å². The Hall–Kier alpha value is -6.75. The Kier molecular flexibility index (Phi) is 73.0. The van der Waals surface area contributed by atoms with Crippen LogP contribution in [0.2, 0.25) is 0 Å². The highest BCUT2D eigenvalue weighted by Crippen LogP contribution is 2.21. The summed E-state index contributed by atoms with van der Waals surface area (Å²) in [6, 6.07) is 0.336. The number of hydrogen-bond donors (Lipinski definition) is 0. The second kappa shape index (κ2) is 78.1. The molecule has 8 heterocycles. The molecule has 0 aromatic carbocycles. The van der Waals surface area contributed by atoms with E-state index in [0.29, 0.717) is 17.9 Å². The van der Waals surface area contributed by atoms with Crippen molar-refractivity contribution in [3.63, 3.8) is 0 Å². The van der Waals surface area contributed by atoms with E-state index in [1.165, 1.54) is 215 Å². The zero-order valence-electron chi connectivity index (χ0n) is 93.2. The van der Waals surface area contributed by atoms with Gasteiger partial charge in [0.05, 0.1) is 64.6 Å². The Morgan fingerprint density at radius 2 is 0.552 bits per heavy atom. The third-order valence-corrected chi connectivity index (χ3v) is 23.6. The van der Waals surface area contributed by atoms with Gasteiger partial charge in [-0.2, -0.15) is 0 Å². The summed E-state index contributed by atoms with van der Waals surface area (Å²) in [5, 5.41) is 66.4. The standard InChI is InChI=1S/C15H29N3.C14H27N3.C14H28N3.2C14H27N3.3C13H25N3/c1-13(2)8-5-6-10-15-12-16-17-18(15)11-7-9-14(3)4;1-12(2)7-5-9-14-11-17(16-15-14)10-6-8-13(3)4;1-12(2)7-5-6-10-17-11-14(15-16-17)9-8-13(3)4;1-12(2)7-5-6-10-17-14(11-15-16-17)9-8-13(3)4;1-12(2)8-6-5-7-9-17-11-14(15-16-17)10-13(3)4;1-11(2)6-5-9-16-13(10-14-15-16)8-7-12(3)4;1-11(2)6-5-7-13-10-14-15-16(13)9-8-12(3)4;1-11(2)7-5-6-8-13-10-16(15-14-13)9-12(3)4/h12-14H,5-11H2,1-4H3;11-13H,5-10H2,1-4H3;11-14H,5-10H2,1-4H3;2*11-13H,5-10H2,1-4H3;3*10-12H,5-9H2,1-4H3/q;;+1;;;;;. The van der Waals surface area contributed by atoms with E-state index in [2.05, 4.69) is 348 Å². The van der Waals surface area contributed by atoms with Crippen molar-refractivity contribution in [3.8, 4) is 0 Å². The Labute approximate surface area is 823 Å². The first-order chi connectivity index (χ1) is 63.7. The molecule has 24 heteroatoms. The van der Waals surface area contributed by atoms with E-state index in [9.17, 15) is 0 Å². The van der Waals surface area contributed by atoms with Crippen molar-refractivity contribution >= 4 is 6.21 Å². The van der Waals surface area contributed by atoms with Crippen LogP contribution in [0.25, 0.3) is 0 Å². The van der Waals surface area contributed by atoms with Gasteiger partial charge in [0.25, 0.3) is 0 Å². The summed E-state index contributed by atoms with van der Waals surface area (Å²) in [6.45, 7) is 80.5. The van der Waals surface area contributed by atoms with Crippen LogP contribution in [0.1, 0.15) is 460 Å². The molecular weight excluding hydrogens is 1660 g/mol. The molecule has 0 spiro atoms. The van der Waals surface area contributed by atoms with Crippen molar-refractivity contribution in [3.05, 3.63) is 83.2 Å². The fraction of sp³-hybridized carbons (Fsp3) is 0.864. The van der Waals surface area contributed by atoms with Gasteiger partial charge >= 0.3 is 0 Å². The largest absolute Gasteiger partial charge is 0.252 e. The predicted molar refractivity (Wildman–Crippen MR) is 566 cm³/mol. The van der Waals surface area contributed by atoms with Crippen LogP contribution in [0, 0.1) is 94.7 Å². The van der Waals surface area contributed by atoms with Crippen molar-refractivity contribution in [2.75, 3.05) is 6.54 Å². The highest BCUT2D eigenvalue weighted by atomic mass is 15.5. The number of rotatable bonds is 62. The molecule has 0 bridgehead atoms. The lowest BCUT2D eigenvalue weighted by Crippen LogP contribution is -2.11. The van der Waals surface area contributed by atoms with E-state index in [1.807, 2.05) is 43.5 Å². The van der Waals surface area contributed by atoms with Gasteiger partial charge in [-0.1, -0.05) is 335 Å². The third-order valence-electron chi connectivity index (χ3n) is 23.6. The van der Waals surface area contributed by atoms with Crippen LogP contribution in [-0.2, 0) is 90.8 Å². The quantitative estimate of drug-likeness (QED) is 0.0254. The molecule has 0 saturated heterocycles. The lowest BCUT2D eigenvalue weighted by Gasteiger charge is -2.08. The Balaban J connectivity index is 0.000000766. The number of aromatic nitrogens is 21. The molecule has 0 fully saturated rings. The van der Waals surface area contributed by atoms with Crippen molar-refractivity contribution in [1.82, 2.24) is 105 Å². The van der Waals surface area contributed by atoms with Crippen LogP contribution in [0.15, 0.2) is 53.7 Å². The molecule has 7 aromatic heterocycles. The maximum Gasteiger partial charge on any atom is 0.222 e. The number of aryl methyl sites for hydroxylation is 12. The SMILES string of the molecule is CC(C)CCCCCn1cc(CC(C)C)nn1.CC(C)CCCC[N+]1=CC(CCC(C)C)N=N1.CC(C)CCCCc1cn(CC(C)C)nn1.CC(C)CCCCc1cnnn1CCCC(C)C.CC(C)CCCCn1nncc1CCC(C)C.CC(C)CCCc1cn(CCCC(C)C)nn1.CC(C)CCCc1cnnn1CCC(C)C.CC(C)CCCn1nncc1CCC(C)C. The minimum atomic E-state index is 0.336. The zero-order valence-corrected chi connectivity index (χ0v) is 93.2. The molecule has 0 saturated carbocycles. The van der Waals surface area contributed by atoms with Crippen molar-refractivity contribution in [2.24, 2.45) is 105 Å². The van der Waals surface area contributed by atoms with Gasteiger partial charge in [-0.3, -0.25) is 14.0 Å².